The first-order chi connectivity index (χ1) is 14.5. The summed E-state index contributed by atoms with van der Waals surface area (Å²) < 4.78 is 12.0. The summed E-state index contributed by atoms with van der Waals surface area (Å²) in [4.78, 5) is 15.9. The number of ether oxygens (including phenoxy) is 2. The zero-order valence-corrected chi connectivity index (χ0v) is 18.8. The lowest BCUT2D eigenvalue weighted by molar-refractivity contribution is 0.0955. The van der Waals surface area contributed by atoms with E-state index >= 15 is 0 Å². The number of hydrogen-bond acceptors (Lipinski definition) is 5. The summed E-state index contributed by atoms with van der Waals surface area (Å²) in [5.74, 6) is 0.653. The maximum absolute atomic E-state index is 12.0. The van der Waals surface area contributed by atoms with Gasteiger partial charge in [0.1, 0.15) is 6.61 Å². The van der Waals surface area contributed by atoms with Gasteiger partial charge in [0.05, 0.1) is 23.4 Å². The maximum atomic E-state index is 12.0. The number of rotatable bonds is 7. The van der Waals surface area contributed by atoms with E-state index in [2.05, 4.69) is 31.4 Å². The summed E-state index contributed by atoms with van der Waals surface area (Å²) >= 11 is 15.6. The van der Waals surface area contributed by atoms with Crippen molar-refractivity contribution in [2.45, 2.75) is 6.61 Å². The molecule has 0 bridgehead atoms. The molecule has 0 saturated carbocycles. The number of carbonyl (C=O) groups is 1. The lowest BCUT2D eigenvalue weighted by Crippen LogP contribution is -2.17. The lowest BCUT2D eigenvalue weighted by Gasteiger charge is -2.14. The van der Waals surface area contributed by atoms with Crippen molar-refractivity contribution < 1.29 is 14.3 Å². The smallest absolute Gasteiger partial charge is 0.272 e. The quantitative estimate of drug-likeness (QED) is 0.337. The van der Waals surface area contributed by atoms with Crippen molar-refractivity contribution in [2.75, 3.05) is 7.11 Å². The molecule has 0 unspecified atom stereocenters. The molecule has 0 spiro atoms. The fraction of sp³-hybridized carbons (Fsp3) is 0.0952. The van der Waals surface area contributed by atoms with Crippen LogP contribution in [0.1, 0.15) is 21.5 Å². The van der Waals surface area contributed by atoms with E-state index in [0.717, 1.165) is 5.56 Å². The molecule has 1 amide bonds. The van der Waals surface area contributed by atoms with Gasteiger partial charge in [0, 0.05) is 28.0 Å². The van der Waals surface area contributed by atoms with E-state index in [4.69, 9.17) is 32.7 Å². The van der Waals surface area contributed by atoms with E-state index in [1.807, 2.05) is 0 Å². The highest BCUT2D eigenvalue weighted by molar-refractivity contribution is 9.10. The van der Waals surface area contributed by atoms with E-state index < -0.39 is 0 Å². The van der Waals surface area contributed by atoms with Crippen molar-refractivity contribution in [3.8, 4) is 11.5 Å². The second-order valence-corrected chi connectivity index (χ2v) is 7.70. The Morgan fingerprint density at radius 1 is 1.27 bits per heavy atom. The molecule has 3 rings (SSSR count). The molecule has 0 atom stereocenters. The third-order valence-corrected chi connectivity index (χ3v) is 5.12. The summed E-state index contributed by atoms with van der Waals surface area (Å²) in [6.45, 7) is 0.236. The number of nitrogens with zero attached hydrogens (tertiary/aromatic N) is 2. The maximum Gasteiger partial charge on any atom is 0.272 e. The average Bonchev–Trinajstić information content (AvgIpc) is 2.74. The molecule has 0 aliphatic carbocycles. The molecule has 1 N–H and O–H groups in total. The van der Waals surface area contributed by atoms with E-state index in [-0.39, 0.29) is 12.5 Å². The Morgan fingerprint density at radius 2 is 2.10 bits per heavy atom. The highest BCUT2D eigenvalue weighted by Crippen LogP contribution is 2.37. The first kappa shape index (κ1) is 22.1. The Hall–Kier alpha value is -2.61. The molecule has 3 aromatic rings. The molecule has 6 nitrogen and oxygen atoms in total. The number of amides is 1. The number of nitrogens with one attached hydrogen (secondary N) is 1. The first-order valence-electron chi connectivity index (χ1n) is 8.65. The Bertz CT molecular complexity index is 1080. The Balaban J connectivity index is 1.71. The van der Waals surface area contributed by atoms with Crippen LogP contribution in [0.5, 0.6) is 11.5 Å². The van der Waals surface area contributed by atoms with Crippen LogP contribution in [0.4, 0.5) is 0 Å². The SMILES string of the molecule is COc1cc(/C=N\NC(=O)c2cccnc2)cc(Br)c1OCc1ccc(Cl)cc1Cl. The van der Waals surface area contributed by atoms with E-state index in [9.17, 15) is 4.79 Å². The molecule has 0 aliphatic heterocycles. The highest BCUT2D eigenvalue weighted by atomic mass is 79.9. The molecule has 9 heteroatoms. The van der Waals surface area contributed by atoms with Crippen LogP contribution in [0.3, 0.4) is 0 Å². The zero-order valence-electron chi connectivity index (χ0n) is 15.7. The largest absolute Gasteiger partial charge is 0.493 e. The molecule has 0 fully saturated rings. The number of carbonyl (C=O) groups excluding carboxylic acids is 1. The third kappa shape index (κ3) is 5.72. The van der Waals surface area contributed by atoms with Crippen molar-refractivity contribution in [1.29, 1.82) is 0 Å². The molecule has 0 saturated heterocycles. The van der Waals surface area contributed by atoms with E-state index in [1.165, 1.54) is 19.5 Å². The van der Waals surface area contributed by atoms with Crippen molar-refractivity contribution >= 4 is 51.3 Å². The van der Waals surface area contributed by atoms with E-state index in [0.29, 0.717) is 37.1 Å². The van der Waals surface area contributed by atoms with Gasteiger partial charge in [0.25, 0.3) is 5.91 Å². The van der Waals surface area contributed by atoms with Gasteiger partial charge >= 0.3 is 0 Å². The molecule has 0 aliphatic rings. The summed E-state index contributed by atoms with van der Waals surface area (Å²) in [5, 5.41) is 5.05. The molecule has 1 heterocycles. The van der Waals surface area contributed by atoms with Gasteiger partial charge in [-0.2, -0.15) is 5.10 Å². The monoisotopic (exact) mass is 507 g/mol. The zero-order chi connectivity index (χ0) is 21.5. The molecule has 0 radical (unpaired) electrons. The predicted octanol–water partition coefficient (Wildman–Crippen LogP) is 5.50. The van der Waals surface area contributed by atoms with Gasteiger partial charge in [-0.25, -0.2) is 5.43 Å². The van der Waals surface area contributed by atoms with Gasteiger partial charge in [-0.05, 0) is 57.9 Å². The van der Waals surface area contributed by atoms with Crippen LogP contribution in [0.2, 0.25) is 10.0 Å². The Labute approximate surface area is 192 Å². The van der Waals surface area contributed by atoms with Crippen LogP contribution in [-0.4, -0.2) is 24.2 Å². The third-order valence-electron chi connectivity index (χ3n) is 3.94. The molecule has 154 valence electrons. The minimum Gasteiger partial charge on any atom is -0.493 e. The number of hydrogen-bond donors (Lipinski definition) is 1. The van der Waals surface area contributed by atoms with Crippen LogP contribution in [0.25, 0.3) is 0 Å². The fourth-order valence-corrected chi connectivity index (χ4v) is 3.51. The molecule has 1 aromatic heterocycles. The second kappa shape index (κ2) is 10.4. The standard InChI is InChI=1S/C21H16BrCl2N3O3/c1-29-19-8-13(10-26-27-21(28)14-3-2-6-25-11-14)7-17(22)20(19)30-12-15-4-5-16(23)9-18(15)24/h2-11H,12H2,1H3,(H,27,28)/b26-10-. The summed E-state index contributed by atoms with van der Waals surface area (Å²) in [7, 11) is 1.54. The Kier molecular flexibility index (Phi) is 7.68. The van der Waals surface area contributed by atoms with Gasteiger partial charge in [-0.3, -0.25) is 9.78 Å². The predicted molar refractivity (Wildman–Crippen MR) is 121 cm³/mol. The average molecular weight is 509 g/mol. The van der Waals surface area contributed by atoms with Crippen molar-refractivity contribution in [1.82, 2.24) is 10.4 Å². The summed E-state index contributed by atoms with van der Waals surface area (Å²) in [6, 6.07) is 12.1. The van der Waals surface area contributed by atoms with Gasteiger partial charge in [0.15, 0.2) is 11.5 Å². The number of halogens is 3. The normalized spacial score (nSPS) is 10.8. The van der Waals surface area contributed by atoms with Crippen LogP contribution in [-0.2, 0) is 6.61 Å². The lowest BCUT2D eigenvalue weighted by atomic mass is 10.2. The number of hydrazone groups is 1. The molecular formula is C21H16BrCl2N3O3. The topological polar surface area (TPSA) is 72.8 Å². The summed E-state index contributed by atoms with van der Waals surface area (Å²) in [6.07, 6.45) is 4.55. The number of benzene rings is 2. The molecular weight excluding hydrogens is 493 g/mol. The van der Waals surface area contributed by atoms with E-state index in [1.54, 1.807) is 48.7 Å². The van der Waals surface area contributed by atoms with Gasteiger partial charge in [0.2, 0.25) is 0 Å². The minimum atomic E-state index is -0.356. The van der Waals surface area contributed by atoms with Crippen molar-refractivity contribution in [3.63, 3.8) is 0 Å². The second-order valence-electron chi connectivity index (χ2n) is 6.00. The fourth-order valence-electron chi connectivity index (χ4n) is 2.47. The molecule has 2 aromatic carbocycles. The number of methoxy groups -OCH3 is 1. The van der Waals surface area contributed by atoms with Gasteiger partial charge in [-0.1, -0.05) is 29.3 Å². The van der Waals surface area contributed by atoms with Crippen LogP contribution in [0, 0.1) is 0 Å². The number of aromatic nitrogens is 1. The Morgan fingerprint density at radius 3 is 2.80 bits per heavy atom. The van der Waals surface area contributed by atoms with Crippen molar-refractivity contribution in [3.05, 3.63) is 86.1 Å². The number of pyridine rings is 1. The van der Waals surface area contributed by atoms with Crippen LogP contribution < -0.4 is 14.9 Å². The first-order valence-corrected chi connectivity index (χ1v) is 10.2. The summed E-state index contributed by atoms with van der Waals surface area (Å²) in [5.41, 5.74) is 4.36. The van der Waals surface area contributed by atoms with Crippen LogP contribution >= 0.6 is 39.1 Å². The van der Waals surface area contributed by atoms with Crippen LogP contribution in [0.15, 0.2) is 64.4 Å². The molecule has 30 heavy (non-hydrogen) atoms. The minimum absolute atomic E-state index is 0.236. The van der Waals surface area contributed by atoms with Crippen molar-refractivity contribution in [2.24, 2.45) is 5.10 Å². The highest BCUT2D eigenvalue weighted by Gasteiger charge is 2.13. The van der Waals surface area contributed by atoms with Gasteiger partial charge in [-0.15, -0.1) is 0 Å². The van der Waals surface area contributed by atoms with Gasteiger partial charge < -0.3 is 9.47 Å².